The van der Waals surface area contributed by atoms with Crippen LogP contribution >= 0.6 is 0 Å². The molecule has 94 valence electrons. The highest BCUT2D eigenvalue weighted by molar-refractivity contribution is 5.66. The lowest BCUT2D eigenvalue weighted by Gasteiger charge is -2.10. The number of benzene rings is 1. The molecule has 18 heavy (non-hydrogen) atoms. The lowest BCUT2D eigenvalue weighted by Crippen LogP contribution is -1.97. The number of aromatic nitrogens is 2. The van der Waals surface area contributed by atoms with Crippen LogP contribution in [0.4, 0.5) is 5.82 Å². The van der Waals surface area contributed by atoms with Gasteiger partial charge in [-0.2, -0.15) is 0 Å². The molecule has 1 aromatic carbocycles. The van der Waals surface area contributed by atoms with E-state index in [0.29, 0.717) is 12.4 Å². The summed E-state index contributed by atoms with van der Waals surface area (Å²) in [6.45, 7) is 4.76. The maximum atomic E-state index is 5.69. The van der Waals surface area contributed by atoms with E-state index in [1.54, 1.807) is 6.07 Å². The Morgan fingerprint density at radius 2 is 2.00 bits per heavy atom. The summed E-state index contributed by atoms with van der Waals surface area (Å²) < 4.78 is 5.51. The molecule has 0 aliphatic rings. The zero-order valence-corrected chi connectivity index (χ0v) is 10.7. The van der Waals surface area contributed by atoms with E-state index in [9.17, 15) is 0 Å². The summed E-state index contributed by atoms with van der Waals surface area (Å²) in [7, 11) is 0. The van der Waals surface area contributed by atoms with Crippen LogP contribution in [0.25, 0.3) is 11.3 Å². The van der Waals surface area contributed by atoms with Gasteiger partial charge in [-0.25, -0.2) is 9.97 Å². The predicted octanol–water partition coefficient (Wildman–Crippen LogP) is 2.69. The maximum absolute atomic E-state index is 5.69. The van der Waals surface area contributed by atoms with Gasteiger partial charge in [-0.05, 0) is 37.1 Å². The summed E-state index contributed by atoms with van der Waals surface area (Å²) in [6, 6.07) is 7.81. The molecule has 0 atom stereocenters. The first-order valence-electron chi connectivity index (χ1n) is 6.08. The second-order valence-corrected chi connectivity index (χ2v) is 3.93. The number of hydrogen-bond acceptors (Lipinski definition) is 4. The van der Waals surface area contributed by atoms with Crippen molar-refractivity contribution in [2.75, 3.05) is 12.3 Å². The molecule has 0 aliphatic heterocycles. The highest BCUT2D eigenvalue weighted by Gasteiger charge is 2.07. The minimum atomic E-state index is 0.482. The van der Waals surface area contributed by atoms with Gasteiger partial charge in [0.15, 0.2) is 0 Å². The van der Waals surface area contributed by atoms with Gasteiger partial charge in [-0.3, -0.25) is 0 Å². The monoisotopic (exact) mass is 243 g/mol. The Kier molecular flexibility index (Phi) is 3.77. The number of nitrogens with zero attached hydrogens (tertiary/aromatic N) is 2. The van der Waals surface area contributed by atoms with Crippen molar-refractivity contribution in [1.29, 1.82) is 0 Å². The zero-order valence-electron chi connectivity index (χ0n) is 10.7. The predicted molar refractivity (Wildman–Crippen MR) is 72.4 cm³/mol. The average molecular weight is 243 g/mol. The number of nitrogen functional groups attached to an aromatic ring is 1. The van der Waals surface area contributed by atoms with Gasteiger partial charge in [-0.15, -0.1) is 0 Å². The summed E-state index contributed by atoms with van der Waals surface area (Å²) in [5.41, 5.74) is 8.81. The van der Waals surface area contributed by atoms with E-state index in [1.165, 1.54) is 11.9 Å². The van der Waals surface area contributed by atoms with E-state index < -0.39 is 0 Å². The number of aryl methyl sites for hydroxylation is 1. The molecule has 0 amide bonds. The van der Waals surface area contributed by atoms with Gasteiger partial charge in [0.25, 0.3) is 0 Å². The van der Waals surface area contributed by atoms with E-state index in [4.69, 9.17) is 10.5 Å². The first-order chi connectivity index (χ1) is 8.74. The van der Waals surface area contributed by atoms with Crippen LogP contribution in [0.15, 0.2) is 30.6 Å². The average Bonchev–Trinajstić information content (AvgIpc) is 2.39. The van der Waals surface area contributed by atoms with Crippen LogP contribution in [0.5, 0.6) is 5.75 Å². The number of anilines is 1. The molecule has 2 N–H and O–H groups in total. The number of nitrogens with two attached hydrogens (primary N) is 1. The second-order valence-electron chi connectivity index (χ2n) is 3.93. The molecule has 1 aromatic heterocycles. The van der Waals surface area contributed by atoms with Gasteiger partial charge >= 0.3 is 0 Å². The Morgan fingerprint density at radius 3 is 2.67 bits per heavy atom. The molecule has 1 heterocycles. The van der Waals surface area contributed by atoms with Gasteiger partial charge < -0.3 is 10.5 Å². The number of hydrogen-bond donors (Lipinski definition) is 1. The van der Waals surface area contributed by atoms with Gasteiger partial charge in [0, 0.05) is 11.6 Å². The van der Waals surface area contributed by atoms with Crippen molar-refractivity contribution in [2.24, 2.45) is 0 Å². The Balaban J connectivity index is 2.44. The first-order valence-corrected chi connectivity index (χ1v) is 6.08. The van der Waals surface area contributed by atoms with E-state index >= 15 is 0 Å². The summed E-state index contributed by atoms with van der Waals surface area (Å²) in [5, 5.41) is 0. The van der Waals surface area contributed by atoms with Crippen LogP contribution in [0.1, 0.15) is 19.4 Å². The molecular formula is C14H17N3O. The lowest BCUT2D eigenvalue weighted by atomic mass is 10.0. The molecule has 0 saturated carbocycles. The van der Waals surface area contributed by atoms with Crippen molar-refractivity contribution in [1.82, 2.24) is 9.97 Å². The minimum absolute atomic E-state index is 0.482. The van der Waals surface area contributed by atoms with Crippen molar-refractivity contribution >= 4 is 5.82 Å². The highest BCUT2D eigenvalue weighted by atomic mass is 16.5. The van der Waals surface area contributed by atoms with Crippen molar-refractivity contribution < 1.29 is 4.74 Å². The molecule has 0 bridgehead atoms. The summed E-state index contributed by atoms with van der Waals surface area (Å²) in [6.07, 6.45) is 2.40. The van der Waals surface area contributed by atoms with E-state index in [2.05, 4.69) is 23.0 Å². The Hall–Kier alpha value is -2.10. The quantitative estimate of drug-likeness (QED) is 0.896. The highest BCUT2D eigenvalue weighted by Crippen LogP contribution is 2.27. The van der Waals surface area contributed by atoms with Crippen LogP contribution in [-0.4, -0.2) is 16.6 Å². The largest absolute Gasteiger partial charge is 0.494 e. The van der Waals surface area contributed by atoms with E-state index in [1.807, 2.05) is 19.1 Å². The van der Waals surface area contributed by atoms with E-state index in [0.717, 1.165) is 23.4 Å². The third-order valence-corrected chi connectivity index (χ3v) is 2.73. The molecule has 2 rings (SSSR count). The molecular weight excluding hydrogens is 226 g/mol. The van der Waals surface area contributed by atoms with Crippen LogP contribution in [-0.2, 0) is 6.42 Å². The Bertz CT molecular complexity index is 540. The van der Waals surface area contributed by atoms with Crippen molar-refractivity contribution in [3.63, 3.8) is 0 Å². The normalized spacial score (nSPS) is 10.3. The third-order valence-electron chi connectivity index (χ3n) is 2.73. The van der Waals surface area contributed by atoms with Crippen molar-refractivity contribution in [2.45, 2.75) is 20.3 Å². The lowest BCUT2D eigenvalue weighted by molar-refractivity contribution is 0.340. The molecule has 2 aromatic rings. The molecule has 4 nitrogen and oxygen atoms in total. The number of ether oxygens (including phenoxy) is 1. The fourth-order valence-electron chi connectivity index (χ4n) is 1.89. The standard InChI is InChI=1S/C14H17N3O/c1-3-10-7-11(18-4-2)5-6-12(10)13-8-14(15)17-9-16-13/h5-9H,3-4H2,1-2H3,(H2,15,16,17). The molecule has 4 heteroatoms. The second kappa shape index (κ2) is 5.49. The summed E-state index contributed by atoms with van der Waals surface area (Å²) >= 11 is 0. The molecule has 0 saturated heterocycles. The van der Waals surface area contributed by atoms with Gasteiger partial charge in [-0.1, -0.05) is 6.92 Å². The fourth-order valence-corrected chi connectivity index (χ4v) is 1.89. The molecule has 0 spiro atoms. The van der Waals surface area contributed by atoms with Crippen LogP contribution in [0.3, 0.4) is 0 Å². The molecule has 0 fully saturated rings. The van der Waals surface area contributed by atoms with Gasteiger partial charge in [0.05, 0.1) is 12.3 Å². The van der Waals surface area contributed by atoms with E-state index in [-0.39, 0.29) is 0 Å². The number of rotatable bonds is 4. The molecule has 0 radical (unpaired) electrons. The van der Waals surface area contributed by atoms with Crippen LogP contribution < -0.4 is 10.5 Å². The summed E-state index contributed by atoms with van der Waals surface area (Å²) in [5.74, 6) is 1.37. The fraction of sp³-hybridized carbons (Fsp3) is 0.286. The zero-order chi connectivity index (χ0) is 13.0. The third kappa shape index (κ3) is 2.59. The minimum Gasteiger partial charge on any atom is -0.494 e. The topological polar surface area (TPSA) is 61.0 Å². The van der Waals surface area contributed by atoms with Gasteiger partial charge in [0.2, 0.25) is 0 Å². The Morgan fingerprint density at radius 1 is 1.17 bits per heavy atom. The molecule has 0 unspecified atom stereocenters. The SMILES string of the molecule is CCOc1ccc(-c2cc(N)ncn2)c(CC)c1. The van der Waals surface area contributed by atoms with Crippen molar-refractivity contribution in [3.05, 3.63) is 36.2 Å². The Labute approximate surface area is 107 Å². The first kappa shape index (κ1) is 12.4. The molecule has 0 aliphatic carbocycles. The van der Waals surface area contributed by atoms with Gasteiger partial charge in [0.1, 0.15) is 17.9 Å². The maximum Gasteiger partial charge on any atom is 0.127 e. The van der Waals surface area contributed by atoms with Crippen LogP contribution in [0, 0.1) is 0 Å². The summed E-state index contributed by atoms with van der Waals surface area (Å²) in [4.78, 5) is 8.17. The smallest absolute Gasteiger partial charge is 0.127 e. The van der Waals surface area contributed by atoms with Crippen LogP contribution in [0.2, 0.25) is 0 Å². The van der Waals surface area contributed by atoms with Crippen molar-refractivity contribution in [3.8, 4) is 17.0 Å².